The van der Waals surface area contributed by atoms with Crippen LogP contribution in [0.15, 0.2) is 4.52 Å². The number of amides is 1. The third-order valence-electron chi connectivity index (χ3n) is 3.34. The first kappa shape index (κ1) is 15.7. The third-order valence-corrected chi connectivity index (χ3v) is 3.34. The molecule has 5 nitrogen and oxygen atoms in total. The Bertz CT molecular complexity index is 393. The monoisotopic (exact) mass is 267 g/mol. The van der Waals surface area contributed by atoms with Crippen LogP contribution in [-0.2, 0) is 11.2 Å². The Balaban J connectivity index is 2.46. The van der Waals surface area contributed by atoms with Crippen LogP contribution in [0.5, 0.6) is 0 Å². The molecule has 5 heteroatoms. The molecule has 1 aromatic heterocycles. The molecule has 0 fully saturated rings. The van der Waals surface area contributed by atoms with Gasteiger partial charge in [0.1, 0.15) is 5.76 Å². The van der Waals surface area contributed by atoms with E-state index in [1.165, 1.54) is 0 Å². The molecule has 1 rings (SSSR count). The second kappa shape index (κ2) is 7.28. The third kappa shape index (κ3) is 4.35. The van der Waals surface area contributed by atoms with Crippen LogP contribution in [0.4, 0.5) is 0 Å². The molecule has 0 aliphatic heterocycles. The van der Waals surface area contributed by atoms with Crippen molar-refractivity contribution in [1.29, 1.82) is 0 Å². The number of carbonyl (C=O) groups excluding carboxylic acids is 1. The van der Waals surface area contributed by atoms with Gasteiger partial charge in [-0.25, -0.2) is 0 Å². The lowest BCUT2D eigenvalue weighted by Gasteiger charge is -2.22. The van der Waals surface area contributed by atoms with Crippen molar-refractivity contribution in [3.63, 3.8) is 0 Å². The summed E-state index contributed by atoms with van der Waals surface area (Å²) in [5, 5.41) is 6.90. The number of hydrogen-bond donors (Lipinski definition) is 1. The fourth-order valence-corrected chi connectivity index (χ4v) is 2.18. The van der Waals surface area contributed by atoms with Crippen LogP contribution in [0.2, 0.25) is 0 Å². The molecule has 1 N–H and O–H groups in total. The number of nitrogens with zero attached hydrogens (tertiary/aromatic N) is 2. The molecule has 0 spiro atoms. The minimum absolute atomic E-state index is 0.0466. The Morgan fingerprint density at radius 3 is 2.58 bits per heavy atom. The Labute approximate surface area is 115 Å². The number of aromatic nitrogens is 1. The summed E-state index contributed by atoms with van der Waals surface area (Å²) in [5.41, 5.74) is 2.00. The van der Waals surface area contributed by atoms with E-state index in [0.29, 0.717) is 6.54 Å². The highest BCUT2D eigenvalue weighted by Crippen LogP contribution is 2.12. The molecule has 1 aromatic rings. The van der Waals surface area contributed by atoms with E-state index >= 15 is 0 Å². The lowest BCUT2D eigenvalue weighted by atomic mass is 10.1. The molecule has 0 aliphatic rings. The van der Waals surface area contributed by atoms with Crippen LogP contribution < -0.4 is 5.32 Å². The number of carbonyl (C=O) groups is 1. The summed E-state index contributed by atoms with van der Waals surface area (Å²) in [4.78, 5) is 14.0. The van der Waals surface area contributed by atoms with E-state index < -0.39 is 0 Å². The van der Waals surface area contributed by atoms with Crippen LogP contribution in [0.3, 0.4) is 0 Å². The van der Waals surface area contributed by atoms with Crippen molar-refractivity contribution in [2.45, 2.75) is 46.1 Å². The first-order valence-corrected chi connectivity index (χ1v) is 6.83. The zero-order valence-corrected chi connectivity index (χ0v) is 12.6. The van der Waals surface area contributed by atoms with Gasteiger partial charge in [-0.2, -0.15) is 0 Å². The first-order chi connectivity index (χ1) is 8.97. The van der Waals surface area contributed by atoms with E-state index in [0.717, 1.165) is 36.3 Å². The number of likely N-dealkylation sites (N-methyl/N-ethyl adjacent to an activating group) is 1. The molecule has 0 unspecified atom stereocenters. The lowest BCUT2D eigenvalue weighted by molar-refractivity contribution is -0.125. The summed E-state index contributed by atoms with van der Waals surface area (Å²) in [6, 6.07) is -0.0466. The first-order valence-electron chi connectivity index (χ1n) is 6.83. The van der Waals surface area contributed by atoms with Gasteiger partial charge in [-0.05, 0) is 40.8 Å². The minimum Gasteiger partial charge on any atom is -0.361 e. The van der Waals surface area contributed by atoms with Crippen LogP contribution in [0.1, 0.15) is 36.8 Å². The van der Waals surface area contributed by atoms with E-state index in [4.69, 9.17) is 4.52 Å². The van der Waals surface area contributed by atoms with Crippen LogP contribution in [0.25, 0.3) is 0 Å². The van der Waals surface area contributed by atoms with Gasteiger partial charge in [0.05, 0.1) is 11.7 Å². The Kier molecular flexibility index (Phi) is 6.02. The number of hydrogen-bond acceptors (Lipinski definition) is 4. The highest BCUT2D eigenvalue weighted by atomic mass is 16.5. The molecule has 1 atom stereocenters. The van der Waals surface area contributed by atoms with Gasteiger partial charge in [-0.3, -0.25) is 9.69 Å². The van der Waals surface area contributed by atoms with E-state index in [1.807, 2.05) is 32.8 Å². The summed E-state index contributed by atoms with van der Waals surface area (Å²) in [7, 11) is 3.88. The average Bonchev–Trinajstić information content (AvgIpc) is 2.66. The summed E-state index contributed by atoms with van der Waals surface area (Å²) < 4.78 is 5.11. The zero-order chi connectivity index (χ0) is 14.4. The second-order valence-corrected chi connectivity index (χ2v) is 5.11. The van der Waals surface area contributed by atoms with E-state index in [1.54, 1.807) is 0 Å². The van der Waals surface area contributed by atoms with E-state index in [-0.39, 0.29) is 11.9 Å². The van der Waals surface area contributed by atoms with Gasteiger partial charge in [-0.15, -0.1) is 0 Å². The van der Waals surface area contributed by atoms with Crippen molar-refractivity contribution in [1.82, 2.24) is 15.4 Å². The van der Waals surface area contributed by atoms with Crippen LogP contribution in [0, 0.1) is 13.8 Å². The molecule has 0 aliphatic carbocycles. The molecule has 0 saturated carbocycles. The molecule has 0 saturated heterocycles. The van der Waals surface area contributed by atoms with Gasteiger partial charge >= 0.3 is 0 Å². The molecule has 1 heterocycles. The normalized spacial score (nSPS) is 12.7. The fraction of sp³-hybridized carbons (Fsp3) is 0.714. The molecule has 108 valence electrons. The average molecular weight is 267 g/mol. The van der Waals surface area contributed by atoms with Gasteiger partial charge in [0.15, 0.2) is 0 Å². The molecule has 1 amide bonds. The molecule has 0 bridgehead atoms. The van der Waals surface area contributed by atoms with Crippen LogP contribution in [-0.4, -0.2) is 42.6 Å². The summed E-state index contributed by atoms with van der Waals surface area (Å²) in [6.45, 7) is 6.54. The zero-order valence-electron chi connectivity index (χ0n) is 12.6. The van der Waals surface area contributed by atoms with Crippen molar-refractivity contribution in [3.05, 3.63) is 17.0 Å². The molecule has 0 aromatic carbocycles. The standard InChI is InChI=1S/C14H25N3O2/c1-6-7-13(17(4)5)14(18)15-9-8-12-10(2)16-19-11(12)3/h13H,6-9H2,1-5H3,(H,15,18)/t13-/m1/s1. The summed E-state index contributed by atoms with van der Waals surface area (Å²) in [6.07, 6.45) is 2.64. The summed E-state index contributed by atoms with van der Waals surface area (Å²) >= 11 is 0. The molecule has 19 heavy (non-hydrogen) atoms. The second-order valence-electron chi connectivity index (χ2n) is 5.11. The maximum absolute atomic E-state index is 12.1. The van der Waals surface area contributed by atoms with E-state index in [9.17, 15) is 4.79 Å². The highest BCUT2D eigenvalue weighted by molar-refractivity contribution is 5.81. The quantitative estimate of drug-likeness (QED) is 0.816. The molecule has 0 radical (unpaired) electrons. The number of rotatable bonds is 7. The predicted octanol–water partition coefficient (Wildman–Crippen LogP) is 1.68. The number of nitrogens with one attached hydrogen (secondary N) is 1. The smallest absolute Gasteiger partial charge is 0.237 e. The van der Waals surface area contributed by atoms with Crippen LogP contribution >= 0.6 is 0 Å². The topological polar surface area (TPSA) is 58.4 Å². The fourth-order valence-electron chi connectivity index (χ4n) is 2.18. The maximum atomic E-state index is 12.1. The molecular formula is C14H25N3O2. The Morgan fingerprint density at radius 2 is 2.11 bits per heavy atom. The highest BCUT2D eigenvalue weighted by Gasteiger charge is 2.19. The van der Waals surface area contributed by atoms with Crippen molar-refractivity contribution in [2.24, 2.45) is 0 Å². The van der Waals surface area contributed by atoms with Crippen molar-refractivity contribution >= 4 is 5.91 Å². The SMILES string of the molecule is CCC[C@H](C(=O)NCCc1c(C)noc1C)N(C)C. The van der Waals surface area contributed by atoms with Crippen molar-refractivity contribution < 1.29 is 9.32 Å². The number of aryl methyl sites for hydroxylation is 2. The van der Waals surface area contributed by atoms with Crippen molar-refractivity contribution in [3.8, 4) is 0 Å². The lowest BCUT2D eigenvalue weighted by Crippen LogP contribution is -2.44. The summed E-state index contributed by atoms with van der Waals surface area (Å²) in [5.74, 6) is 0.933. The van der Waals surface area contributed by atoms with Gasteiger partial charge in [-0.1, -0.05) is 18.5 Å². The maximum Gasteiger partial charge on any atom is 0.237 e. The van der Waals surface area contributed by atoms with Gasteiger partial charge in [0.2, 0.25) is 5.91 Å². The van der Waals surface area contributed by atoms with Gasteiger partial charge < -0.3 is 9.84 Å². The van der Waals surface area contributed by atoms with Gasteiger partial charge in [0.25, 0.3) is 0 Å². The van der Waals surface area contributed by atoms with Gasteiger partial charge in [0, 0.05) is 12.1 Å². The predicted molar refractivity (Wildman–Crippen MR) is 75.1 cm³/mol. The molecular weight excluding hydrogens is 242 g/mol. The minimum atomic E-state index is -0.0466. The van der Waals surface area contributed by atoms with Crippen molar-refractivity contribution in [2.75, 3.05) is 20.6 Å². The Hall–Kier alpha value is -1.36. The Morgan fingerprint density at radius 1 is 1.42 bits per heavy atom. The van der Waals surface area contributed by atoms with E-state index in [2.05, 4.69) is 17.4 Å². The largest absolute Gasteiger partial charge is 0.361 e.